The van der Waals surface area contributed by atoms with Gasteiger partial charge in [0.25, 0.3) is 0 Å². The zero-order chi connectivity index (χ0) is 22.8. The van der Waals surface area contributed by atoms with Crippen LogP contribution in [0.5, 0.6) is 0 Å². The van der Waals surface area contributed by atoms with Crippen LogP contribution in [0.1, 0.15) is 106 Å². The maximum Gasteiger partial charge on any atom is 0.0613 e. The lowest BCUT2D eigenvalue weighted by molar-refractivity contribution is -0.0941. The van der Waals surface area contributed by atoms with E-state index in [1.807, 2.05) is 0 Å². The van der Waals surface area contributed by atoms with Crippen LogP contribution < -0.4 is 0 Å². The molecule has 4 aliphatic rings. The fraction of sp³-hybridized carbons (Fsp3) is 0.862. The normalized spacial score (nSPS) is 44.9. The molecule has 2 heteroatoms. The van der Waals surface area contributed by atoms with Gasteiger partial charge in [-0.05, 0) is 106 Å². The van der Waals surface area contributed by atoms with Gasteiger partial charge in [-0.2, -0.15) is 0 Å². The highest BCUT2D eigenvalue weighted by atomic mass is 16.3. The number of aliphatic hydroxyl groups is 2. The van der Waals surface area contributed by atoms with Crippen LogP contribution in [0.15, 0.2) is 22.8 Å². The van der Waals surface area contributed by atoms with E-state index in [0.29, 0.717) is 23.7 Å². The van der Waals surface area contributed by atoms with E-state index >= 15 is 0 Å². The average molecular weight is 429 g/mol. The van der Waals surface area contributed by atoms with E-state index in [0.717, 1.165) is 25.7 Å². The molecule has 0 saturated heterocycles. The van der Waals surface area contributed by atoms with Gasteiger partial charge in [-0.3, -0.25) is 0 Å². The molecule has 0 aliphatic heterocycles. The maximum atomic E-state index is 11.4. The van der Waals surface area contributed by atoms with Gasteiger partial charge >= 0.3 is 0 Å². The standard InChI is InChI=1S/C29H48O2/c1-18(2)9-8-10-19(3)22-17-23(30)26-20-11-12-24-27(4,5)25(31)14-16-28(24,6)21(20)13-15-29(22,26)7/h9,19,22-26,30-31H,8,10-17H2,1-7H3/t19-,22-,23-,24+,25+,26+,28-,29-/m1/s1. The molecule has 2 saturated carbocycles. The SMILES string of the molecule is CC(C)=CCC[C@@H](C)[C@H]1C[C@@H](O)[C@@H]2C3=C(CC[C@]12C)[C@@]1(C)CC[C@H](O)C(C)(C)[C@@H]1CC3. The van der Waals surface area contributed by atoms with Crippen molar-refractivity contribution in [1.29, 1.82) is 0 Å². The Morgan fingerprint density at radius 2 is 1.77 bits per heavy atom. The molecule has 0 amide bonds. The van der Waals surface area contributed by atoms with E-state index in [9.17, 15) is 10.2 Å². The third-order valence-electron chi connectivity index (χ3n) is 10.8. The summed E-state index contributed by atoms with van der Waals surface area (Å²) in [5.41, 5.74) is 5.21. The molecule has 176 valence electrons. The van der Waals surface area contributed by atoms with E-state index in [1.165, 1.54) is 37.7 Å². The Morgan fingerprint density at radius 1 is 1.06 bits per heavy atom. The van der Waals surface area contributed by atoms with Crippen molar-refractivity contribution in [3.05, 3.63) is 22.8 Å². The van der Waals surface area contributed by atoms with E-state index in [-0.39, 0.29) is 28.5 Å². The minimum atomic E-state index is -0.176. The fourth-order valence-electron chi connectivity index (χ4n) is 9.11. The Morgan fingerprint density at radius 3 is 2.45 bits per heavy atom. The van der Waals surface area contributed by atoms with Crippen LogP contribution in [0.3, 0.4) is 0 Å². The smallest absolute Gasteiger partial charge is 0.0613 e. The fourth-order valence-corrected chi connectivity index (χ4v) is 9.11. The molecule has 2 fully saturated rings. The summed E-state index contributed by atoms with van der Waals surface area (Å²) in [6, 6.07) is 0. The van der Waals surface area contributed by atoms with Crippen molar-refractivity contribution in [3.63, 3.8) is 0 Å². The molecule has 2 nitrogen and oxygen atoms in total. The van der Waals surface area contributed by atoms with Crippen LogP contribution in [0.4, 0.5) is 0 Å². The Bertz CT molecular complexity index is 757. The molecule has 0 bridgehead atoms. The summed E-state index contributed by atoms with van der Waals surface area (Å²) in [5, 5.41) is 22.2. The monoisotopic (exact) mass is 428 g/mol. The molecule has 0 spiro atoms. The van der Waals surface area contributed by atoms with E-state index in [2.05, 4.69) is 54.5 Å². The number of rotatable bonds is 4. The molecule has 4 rings (SSSR count). The highest BCUT2D eigenvalue weighted by Gasteiger charge is 2.61. The zero-order valence-electron chi connectivity index (χ0n) is 21.3. The molecule has 0 unspecified atom stereocenters. The number of fused-ring (bicyclic) bond motifs is 4. The summed E-state index contributed by atoms with van der Waals surface area (Å²) < 4.78 is 0. The summed E-state index contributed by atoms with van der Waals surface area (Å²) in [6.45, 7) is 16.4. The summed E-state index contributed by atoms with van der Waals surface area (Å²) in [7, 11) is 0. The molecular weight excluding hydrogens is 380 g/mol. The molecule has 8 atom stereocenters. The van der Waals surface area contributed by atoms with Crippen LogP contribution in [0.25, 0.3) is 0 Å². The van der Waals surface area contributed by atoms with Gasteiger partial charge in [0.1, 0.15) is 0 Å². The Hall–Kier alpha value is -0.600. The molecule has 0 aromatic carbocycles. The van der Waals surface area contributed by atoms with Crippen molar-refractivity contribution in [2.75, 3.05) is 0 Å². The summed E-state index contributed by atoms with van der Waals surface area (Å²) in [4.78, 5) is 0. The largest absolute Gasteiger partial charge is 0.393 e. The molecule has 0 aromatic heterocycles. The van der Waals surface area contributed by atoms with Gasteiger partial charge in [0.15, 0.2) is 0 Å². The Labute approximate surface area is 191 Å². The van der Waals surface area contributed by atoms with Crippen LogP contribution in [0.2, 0.25) is 0 Å². The lowest BCUT2D eigenvalue weighted by Crippen LogP contribution is -2.54. The predicted molar refractivity (Wildman–Crippen MR) is 130 cm³/mol. The van der Waals surface area contributed by atoms with Crippen LogP contribution in [0, 0.1) is 39.9 Å². The Kier molecular flexibility index (Phi) is 6.09. The first-order chi connectivity index (χ1) is 14.4. The topological polar surface area (TPSA) is 40.5 Å². The van der Waals surface area contributed by atoms with Crippen LogP contribution >= 0.6 is 0 Å². The second-order valence-corrected chi connectivity index (χ2v) is 13.1. The number of hydrogen-bond acceptors (Lipinski definition) is 2. The number of aliphatic hydroxyl groups excluding tert-OH is 2. The van der Waals surface area contributed by atoms with Gasteiger partial charge in [0, 0.05) is 5.92 Å². The first-order valence-corrected chi connectivity index (χ1v) is 13.1. The highest BCUT2D eigenvalue weighted by Crippen LogP contribution is 2.68. The molecule has 0 heterocycles. The van der Waals surface area contributed by atoms with Gasteiger partial charge in [0.2, 0.25) is 0 Å². The zero-order valence-corrected chi connectivity index (χ0v) is 21.3. The molecular formula is C29H48O2. The second-order valence-electron chi connectivity index (χ2n) is 13.1. The van der Waals surface area contributed by atoms with E-state index < -0.39 is 0 Å². The lowest BCUT2D eigenvalue weighted by atomic mass is 9.45. The second kappa shape index (κ2) is 8.01. The lowest BCUT2D eigenvalue weighted by Gasteiger charge is -2.60. The Balaban J connectivity index is 1.63. The first kappa shape index (κ1) is 23.6. The molecule has 2 N–H and O–H groups in total. The van der Waals surface area contributed by atoms with Crippen LogP contribution in [-0.2, 0) is 0 Å². The predicted octanol–water partition coefficient (Wildman–Crippen LogP) is 7.06. The van der Waals surface area contributed by atoms with Crippen LogP contribution in [-0.4, -0.2) is 22.4 Å². The van der Waals surface area contributed by atoms with Gasteiger partial charge in [-0.15, -0.1) is 0 Å². The van der Waals surface area contributed by atoms with Gasteiger partial charge in [-0.1, -0.05) is 57.4 Å². The number of allylic oxidation sites excluding steroid dienone is 3. The highest BCUT2D eigenvalue weighted by molar-refractivity contribution is 5.36. The minimum absolute atomic E-state index is 0.0114. The van der Waals surface area contributed by atoms with Gasteiger partial charge in [-0.25, -0.2) is 0 Å². The van der Waals surface area contributed by atoms with Crippen molar-refractivity contribution in [1.82, 2.24) is 0 Å². The van der Waals surface area contributed by atoms with E-state index in [4.69, 9.17) is 0 Å². The summed E-state index contributed by atoms with van der Waals surface area (Å²) in [6.07, 6.45) is 12.2. The van der Waals surface area contributed by atoms with Crippen molar-refractivity contribution in [3.8, 4) is 0 Å². The van der Waals surface area contributed by atoms with Crippen molar-refractivity contribution < 1.29 is 10.2 Å². The van der Waals surface area contributed by atoms with Crippen molar-refractivity contribution in [2.45, 2.75) is 118 Å². The summed E-state index contributed by atoms with van der Waals surface area (Å²) >= 11 is 0. The third kappa shape index (κ3) is 3.59. The van der Waals surface area contributed by atoms with E-state index in [1.54, 1.807) is 11.1 Å². The third-order valence-corrected chi connectivity index (χ3v) is 10.8. The van der Waals surface area contributed by atoms with Gasteiger partial charge < -0.3 is 10.2 Å². The van der Waals surface area contributed by atoms with Gasteiger partial charge in [0.05, 0.1) is 12.2 Å². The molecule has 0 aromatic rings. The first-order valence-electron chi connectivity index (χ1n) is 13.1. The quantitative estimate of drug-likeness (QED) is 0.471. The summed E-state index contributed by atoms with van der Waals surface area (Å²) in [5.74, 6) is 2.21. The number of hydrogen-bond donors (Lipinski definition) is 2. The minimum Gasteiger partial charge on any atom is -0.393 e. The molecule has 0 radical (unpaired) electrons. The molecule has 4 aliphatic carbocycles. The van der Waals surface area contributed by atoms with Crippen molar-refractivity contribution in [2.24, 2.45) is 39.9 Å². The molecule has 31 heavy (non-hydrogen) atoms. The average Bonchev–Trinajstić information content (AvgIpc) is 2.96. The van der Waals surface area contributed by atoms with Crippen molar-refractivity contribution >= 4 is 0 Å². The maximum absolute atomic E-state index is 11.4.